The summed E-state index contributed by atoms with van der Waals surface area (Å²) in [4.78, 5) is 2.37. The summed E-state index contributed by atoms with van der Waals surface area (Å²) < 4.78 is 30.0. The smallest absolute Gasteiger partial charge is 0.387 e. The summed E-state index contributed by atoms with van der Waals surface area (Å²) in [5.74, 6) is 0.682. The Balaban J connectivity index is 0.00000242. The van der Waals surface area contributed by atoms with Crippen LogP contribution in [0.3, 0.4) is 0 Å². The summed E-state index contributed by atoms with van der Waals surface area (Å²) in [5.41, 5.74) is 0.869. The van der Waals surface area contributed by atoms with Crippen LogP contribution >= 0.6 is 24.8 Å². The highest BCUT2D eigenvalue weighted by molar-refractivity contribution is 5.85. The van der Waals surface area contributed by atoms with E-state index in [1.807, 2.05) is 12.1 Å². The molecule has 7 heteroatoms. The number of nitrogens with one attached hydrogen (secondary N) is 1. The summed E-state index contributed by atoms with van der Waals surface area (Å²) in [6, 6.07) is 7.31. The molecule has 134 valence electrons. The van der Waals surface area contributed by atoms with E-state index >= 15 is 0 Å². The van der Waals surface area contributed by atoms with E-state index in [0.717, 1.165) is 38.2 Å². The van der Waals surface area contributed by atoms with E-state index in [1.165, 1.54) is 0 Å². The highest BCUT2D eigenvalue weighted by Crippen LogP contribution is 2.36. The molecule has 2 atom stereocenters. The van der Waals surface area contributed by atoms with Crippen molar-refractivity contribution in [2.24, 2.45) is 5.92 Å². The average molecular weight is 371 g/mol. The van der Waals surface area contributed by atoms with Gasteiger partial charge in [0.25, 0.3) is 0 Å². The van der Waals surface area contributed by atoms with E-state index in [0.29, 0.717) is 11.7 Å². The number of alkyl halides is 2. The summed E-state index contributed by atoms with van der Waals surface area (Å²) in [6.45, 7) is 5.25. The Bertz CT molecular complexity index is 446. The number of benzene rings is 1. The van der Waals surface area contributed by atoms with Gasteiger partial charge in [-0.15, -0.1) is 24.8 Å². The van der Waals surface area contributed by atoms with Crippen LogP contribution < -0.4 is 10.1 Å². The molecular formula is C16H26Cl2F2N2O. The first-order chi connectivity index (χ1) is 10.1. The van der Waals surface area contributed by atoms with Gasteiger partial charge in [-0.2, -0.15) is 8.78 Å². The molecule has 1 fully saturated rings. The minimum atomic E-state index is -2.79. The van der Waals surface area contributed by atoms with Gasteiger partial charge in [-0.3, -0.25) is 4.90 Å². The minimum absolute atomic E-state index is 0. The third-order valence-electron chi connectivity index (χ3n) is 4.18. The first kappa shape index (κ1) is 22.4. The van der Waals surface area contributed by atoms with Crippen LogP contribution in [0.2, 0.25) is 0 Å². The molecule has 1 aromatic carbocycles. The summed E-state index contributed by atoms with van der Waals surface area (Å²) in [7, 11) is 0. The van der Waals surface area contributed by atoms with Crippen molar-refractivity contribution in [2.45, 2.75) is 32.9 Å². The Morgan fingerprint density at radius 3 is 2.35 bits per heavy atom. The fourth-order valence-electron chi connectivity index (χ4n) is 2.97. The monoisotopic (exact) mass is 370 g/mol. The van der Waals surface area contributed by atoms with Crippen LogP contribution in [-0.2, 0) is 0 Å². The van der Waals surface area contributed by atoms with Crippen molar-refractivity contribution in [1.29, 1.82) is 0 Å². The van der Waals surface area contributed by atoms with Gasteiger partial charge in [-0.25, -0.2) is 0 Å². The van der Waals surface area contributed by atoms with Gasteiger partial charge in [0.15, 0.2) is 0 Å². The van der Waals surface area contributed by atoms with Crippen LogP contribution in [-0.4, -0.2) is 37.7 Å². The van der Waals surface area contributed by atoms with Crippen molar-refractivity contribution < 1.29 is 13.5 Å². The van der Waals surface area contributed by atoms with E-state index in [2.05, 4.69) is 24.1 Å². The Morgan fingerprint density at radius 2 is 1.78 bits per heavy atom. The maximum Gasteiger partial charge on any atom is 0.387 e. The molecule has 1 saturated heterocycles. The lowest BCUT2D eigenvalue weighted by Crippen LogP contribution is -2.46. The Kier molecular flexibility index (Phi) is 10.7. The van der Waals surface area contributed by atoms with Crippen LogP contribution in [0.1, 0.15) is 31.9 Å². The number of hydrogen-bond acceptors (Lipinski definition) is 3. The normalized spacial score (nSPS) is 17.8. The number of halogens is 4. The summed E-state index contributed by atoms with van der Waals surface area (Å²) in [5, 5.41) is 3.33. The second kappa shape index (κ2) is 11.0. The molecule has 1 heterocycles. The predicted molar refractivity (Wildman–Crippen MR) is 94.2 cm³/mol. The van der Waals surface area contributed by atoms with Crippen LogP contribution in [0.25, 0.3) is 0 Å². The zero-order chi connectivity index (χ0) is 15.2. The van der Waals surface area contributed by atoms with Crippen molar-refractivity contribution in [2.75, 3.05) is 26.2 Å². The number of rotatable bonds is 6. The number of hydrogen-bond donors (Lipinski definition) is 1. The standard InChI is InChI=1S/C16H24F2N2O.2ClH/c1-3-12(2)15(20-10-8-19-9-11-20)13-6-4-5-7-14(13)21-16(17)18;;/h4-7,12,15-16,19H,3,8-11H2,1-2H3;2*1H/t12?,15-;;/m0../s1. The zero-order valence-electron chi connectivity index (χ0n) is 13.5. The maximum absolute atomic E-state index is 12.6. The first-order valence-corrected chi connectivity index (χ1v) is 7.62. The van der Waals surface area contributed by atoms with Crippen molar-refractivity contribution >= 4 is 24.8 Å². The van der Waals surface area contributed by atoms with Gasteiger partial charge in [0.1, 0.15) is 5.75 Å². The molecule has 1 aliphatic rings. The lowest BCUT2D eigenvalue weighted by Gasteiger charge is -2.39. The molecule has 0 bridgehead atoms. The van der Waals surface area contributed by atoms with Crippen LogP contribution in [0.15, 0.2) is 24.3 Å². The Labute approximate surface area is 149 Å². The van der Waals surface area contributed by atoms with E-state index in [1.54, 1.807) is 12.1 Å². The third-order valence-corrected chi connectivity index (χ3v) is 4.18. The Hall–Kier alpha value is -0.620. The van der Waals surface area contributed by atoms with E-state index in [4.69, 9.17) is 4.74 Å². The van der Waals surface area contributed by atoms with Crippen LogP contribution in [0.4, 0.5) is 8.78 Å². The van der Waals surface area contributed by atoms with Gasteiger partial charge in [-0.1, -0.05) is 38.5 Å². The first-order valence-electron chi connectivity index (χ1n) is 7.62. The number of para-hydroxylation sites is 1. The van der Waals surface area contributed by atoms with Gasteiger partial charge >= 0.3 is 6.61 Å². The van der Waals surface area contributed by atoms with Crippen molar-refractivity contribution in [3.8, 4) is 5.75 Å². The molecular weight excluding hydrogens is 345 g/mol. The van der Waals surface area contributed by atoms with E-state index in [-0.39, 0.29) is 30.9 Å². The van der Waals surface area contributed by atoms with Gasteiger partial charge < -0.3 is 10.1 Å². The highest BCUT2D eigenvalue weighted by atomic mass is 35.5. The molecule has 1 unspecified atom stereocenters. The van der Waals surface area contributed by atoms with Crippen molar-refractivity contribution in [1.82, 2.24) is 10.2 Å². The molecule has 2 rings (SSSR count). The molecule has 0 aliphatic carbocycles. The second-order valence-electron chi connectivity index (χ2n) is 5.53. The van der Waals surface area contributed by atoms with Gasteiger partial charge in [0.2, 0.25) is 0 Å². The number of piperazine rings is 1. The summed E-state index contributed by atoms with van der Waals surface area (Å²) in [6.07, 6.45) is 0.998. The fourth-order valence-corrected chi connectivity index (χ4v) is 2.97. The SMILES string of the molecule is CCC(C)[C@@H](c1ccccc1OC(F)F)N1CCNCC1.Cl.Cl. The number of ether oxygens (including phenoxy) is 1. The lowest BCUT2D eigenvalue weighted by molar-refractivity contribution is -0.0516. The second-order valence-corrected chi connectivity index (χ2v) is 5.53. The quantitative estimate of drug-likeness (QED) is 0.814. The molecule has 3 nitrogen and oxygen atoms in total. The molecule has 0 saturated carbocycles. The maximum atomic E-state index is 12.6. The molecule has 0 radical (unpaired) electrons. The lowest BCUT2D eigenvalue weighted by atomic mass is 9.90. The van der Waals surface area contributed by atoms with Gasteiger partial charge in [-0.05, 0) is 12.0 Å². The van der Waals surface area contributed by atoms with Crippen molar-refractivity contribution in [3.05, 3.63) is 29.8 Å². The topological polar surface area (TPSA) is 24.5 Å². The van der Waals surface area contributed by atoms with E-state index in [9.17, 15) is 8.78 Å². The molecule has 1 aromatic rings. The molecule has 0 aromatic heterocycles. The van der Waals surface area contributed by atoms with Crippen LogP contribution in [0, 0.1) is 5.92 Å². The molecule has 0 amide bonds. The average Bonchev–Trinajstić information content (AvgIpc) is 2.49. The van der Waals surface area contributed by atoms with Gasteiger partial charge in [0.05, 0.1) is 0 Å². The van der Waals surface area contributed by atoms with Crippen molar-refractivity contribution in [3.63, 3.8) is 0 Å². The molecule has 1 aliphatic heterocycles. The third kappa shape index (κ3) is 6.07. The number of nitrogens with zero attached hydrogens (tertiary/aromatic N) is 1. The molecule has 1 N–H and O–H groups in total. The molecule has 0 spiro atoms. The largest absolute Gasteiger partial charge is 0.434 e. The predicted octanol–water partition coefficient (Wildman–Crippen LogP) is 4.12. The highest BCUT2D eigenvalue weighted by Gasteiger charge is 2.29. The van der Waals surface area contributed by atoms with Crippen LogP contribution in [0.5, 0.6) is 5.75 Å². The molecule has 23 heavy (non-hydrogen) atoms. The van der Waals surface area contributed by atoms with E-state index < -0.39 is 6.61 Å². The van der Waals surface area contributed by atoms with Gasteiger partial charge in [0, 0.05) is 37.8 Å². The Morgan fingerprint density at radius 1 is 1.17 bits per heavy atom. The summed E-state index contributed by atoms with van der Waals surface area (Å²) >= 11 is 0. The fraction of sp³-hybridized carbons (Fsp3) is 0.625. The minimum Gasteiger partial charge on any atom is -0.434 e. The zero-order valence-corrected chi connectivity index (χ0v) is 15.1.